The molecule has 4 heterocycles. The van der Waals surface area contributed by atoms with Gasteiger partial charge in [0, 0.05) is 23.9 Å². The molecule has 2 aliphatic heterocycles. The first-order chi connectivity index (χ1) is 18.7. The molecule has 0 saturated carbocycles. The van der Waals surface area contributed by atoms with E-state index in [-0.39, 0.29) is 18.1 Å². The van der Waals surface area contributed by atoms with Crippen LogP contribution < -0.4 is 4.90 Å². The van der Waals surface area contributed by atoms with E-state index < -0.39 is 23.0 Å². The second-order valence-corrected chi connectivity index (χ2v) is 10.2. The normalized spacial score (nSPS) is 15.8. The summed E-state index contributed by atoms with van der Waals surface area (Å²) < 4.78 is 45.0. The molecular weight excluding hydrogens is 505 g/mol. The number of hydrogen-bond acceptors (Lipinski definition) is 5. The first-order valence-electron chi connectivity index (χ1n) is 12.6. The molecule has 0 spiro atoms. The molecule has 0 fully saturated rings. The number of nitrogens with zero attached hydrogens (tertiary/aromatic N) is 6. The molecule has 2 aromatic heterocycles. The van der Waals surface area contributed by atoms with Crippen molar-refractivity contribution in [2.24, 2.45) is 4.99 Å². The molecule has 0 unspecified atom stereocenters. The summed E-state index contributed by atoms with van der Waals surface area (Å²) in [5.74, 6) is -1.44. The van der Waals surface area contributed by atoms with Crippen LogP contribution in [0.3, 0.4) is 0 Å². The van der Waals surface area contributed by atoms with Gasteiger partial charge in [-0.1, -0.05) is 18.2 Å². The average Bonchev–Trinajstić information content (AvgIpc) is 3.44. The predicted molar refractivity (Wildman–Crippen MR) is 142 cm³/mol. The lowest BCUT2D eigenvalue weighted by Gasteiger charge is -2.34. The Morgan fingerprint density at radius 2 is 1.79 bits per heavy atom. The number of fused-ring (bicyclic) bond motifs is 3. The number of imidazole rings is 1. The predicted octanol–water partition coefficient (Wildman–Crippen LogP) is 5.51. The van der Waals surface area contributed by atoms with Crippen LogP contribution in [-0.2, 0) is 6.54 Å². The Bertz CT molecular complexity index is 1650. The Morgan fingerprint density at radius 1 is 0.974 bits per heavy atom. The zero-order valence-corrected chi connectivity index (χ0v) is 21.6. The molecule has 0 aliphatic carbocycles. The maximum atomic E-state index is 15.4. The third kappa shape index (κ3) is 4.16. The number of aromatic nitrogens is 3. The fourth-order valence-corrected chi connectivity index (χ4v) is 5.14. The molecule has 6 rings (SSSR count). The molecule has 10 heteroatoms. The fraction of sp³-hybridized carbons (Fsp3) is 0.241. The monoisotopic (exact) mass is 530 g/mol. The van der Waals surface area contributed by atoms with Gasteiger partial charge in [-0.2, -0.15) is 0 Å². The van der Waals surface area contributed by atoms with E-state index in [1.165, 1.54) is 12.1 Å². The first-order valence-corrected chi connectivity index (χ1v) is 12.6. The summed E-state index contributed by atoms with van der Waals surface area (Å²) >= 11 is 0. The van der Waals surface area contributed by atoms with Crippen LogP contribution in [0.1, 0.15) is 36.8 Å². The number of anilines is 1. The molecule has 1 amide bonds. The quantitative estimate of drug-likeness (QED) is 0.342. The van der Waals surface area contributed by atoms with Crippen LogP contribution in [0.2, 0.25) is 0 Å². The van der Waals surface area contributed by atoms with Crippen LogP contribution in [0.15, 0.2) is 65.8 Å². The molecule has 0 radical (unpaired) electrons. The minimum atomic E-state index is -0.980. The van der Waals surface area contributed by atoms with Gasteiger partial charge in [-0.3, -0.25) is 19.6 Å². The van der Waals surface area contributed by atoms with Gasteiger partial charge in [0.2, 0.25) is 5.96 Å². The Labute approximate surface area is 223 Å². The molecule has 0 N–H and O–H groups in total. The van der Waals surface area contributed by atoms with E-state index in [9.17, 15) is 13.6 Å². The molecule has 4 aromatic rings. The third-order valence-corrected chi connectivity index (χ3v) is 6.88. The van der Waals surface area contributed by atoms with E-state index in [0.717, 1.165) is 12.1 Å². The number of carbonyl (C=O) groups excluding carboxylic acids is 1. The number of halogens is 3. The smallest absolute Gasteiger partial charge is 0.283 e. The molecule has 198 valence electrons. The zero-order valence-electron chi connectivity index (χ0n) is 21.6. The van der Waals surface area contributed by atoms with Gasteiger partial charge in [-0.15, -0.1) is 0 Å². The van der Waals surface area contributed by atoms with Crippen molar-refractivity contribution in [2.75, 3.05) is 18.0 Å². The number of rotatable bonds is 5. The number of benzene rings is 2. The Hall–Kier alpha value is -4.47. The van der Waals surface area contributed by atoms with Crippen LogP contribution in [0.25, 0.3) is 22.6 Å². The number of amides is 1. The van der Waals surface area contributed by atoms with Gasteiger partial charge in [0.15, 0.2) is 17.3 Å². The van der Waals surface area contributed by atoms with Gasteiger partial charge >= 0.3 is 0 Å². The molecule has 39 heavy (non-hydrogen) atoms. The molecule has 2 aliphatic rings. The topological polar surface area (TPSA) is 66.6 Å². The van der Waals surface area contributed by atoms with Crippen molar-refractivity contribution < 1.29 is 18.0 Å². The summed E-state index contributed by atoms with van der Waals surface area (Å²) in [6.07, 6.45) is 1.59. The van der Waals surface area contributed by atoms with Crippen molar-refractivity contribution in [3.05, 3.63) is 89.5 Å². The van der Waals surface area contributed by atoms with Gasteiger partial charge in [0.1, 0.15) is 17.5 Å². The molecule has 7 nitrogen and oxygen atoms in total. The number of hydrogen-bond donors (Lipinski definition) is 0. The molecule has 0 atom stereocenters. The second-order valence-electron chi connectivity index (χ2n) is 10.2. The average molecular weight is 531 g/mol. The highest BCUT2D eigenvalue weighted by atomic mass is 19.2. The van der Waals surface area contributed by atoms with E-state index in [2.05, 4.69) is 4.98 Å². The maximum absolute atomic E-state index is 15.4. The van der Waals surface area contributed by atoms with E-state index in [4.69, 9.17) is 9.98 Å². The van der Waals surface area contributed by atoms with Crippen LogP contribution >= 0.6 is 0 Å². The molecule has 0 bridgehead atoms. The summed E-state index contributed by atoms with van der Waals surface area (Å²) in [5.41, 5.74) is 1.42. The van der Waals surface area contributed by atoms with E-state index in [1.54, 1.807) is 46.0 Å². The minimum absolute atomic E-state index is 0.0715. The standard InChI is InChI=1S/C29H25F3N6O/c1-4-36-27(39)24-26(38-16-29(2,3)35-28(36)38)37(15-17-8-11-20(30)22(32)13-17)25(34-24)18-9-10-19(21(31)14-18)23-7-5-6-12-33-23/h5-14H,4,15-16H2,1-3H3. The molecule has 2 aromatic carbocycles. The summed E-state index contributed by atoms with van der Waals surface area (Å²) in [7, 11) is 0. The SMILES string of the molecule is CCN1C(=O)c2nc(-c3ccc(-c4ccccn4)c(F)c3)n(Cc3ccc(F)c(F)c3)c2N2CC(C)(C)N=C12. The Morgan fingerprint density at radius 3 is 2.49 bits per heavy atom. The molecular formula is C29H25F3N6O. The van der Waals surface area contributed by atoms with Gasteiger partial charge in [0.25, 0.3) is 5.91 Å². The number of aliphatic imine (C=N–C) groups is 1. The van der Waals surface area contributed by atoms with Gasteiger partial charge in [-0.05, 0) is 62.7 Å². The van der Waals surface area contributed by atoms with Crippen molar-refractivity contribution >= 4 is 17.7 Å². The largest absolute Gasteiger partial charge is 0.305 e. The van der Waals surface area contributed by atoms with Crippen LogP contribution in [0.5, 0.6) is 0 Å². The Balaban J connectivity index is 1.54. The second kappa shape index (κ2) is 9.07. The summed E-state index contributed by atoms with van der Waals surface area (Å²) in [6.45, 7) is 6.75. The van der Waals surface area contributed by atoms with Crippen LogP contribution in [0, 0.1) is 17.5 Å². The number of pyridine rings is 1. The number of guanidine groups is 1. The lowest BCUT2D eigenvalue weighted by Crippen LogP contribution is -2.51. The lowest BCUT2D eigenvalue weighted by atomic mass is 10.1. The van der Waals surface area contributed by atoms with E-state index in [0.29, 0.717) is 53.1 Å². The Kier molecular flexibility index (Phi) is 5.78. The van der Waals surface area contributed by atoms with Crippen molar-refractivity contribution in [1.29, 1.82) is 0 Å². The lowest BCUT2D eigenvalue weighted by molar-refractivity contribution is 0.0841. The number of carbonyl (C=O) groups is 1. The van der Waals surface area contributed by atoms with Crippen molar-refractivity contribution in [3.8, 4) is 22.6 Å². The van der Waals surface area contributed by atoms with Gasteiger partial charge in [-0.25, -0.2) is 23.1 Å². The highest BCUT2D eigenvalue weighted by Crippen LogP contribution is 2.39. The van der Waals surface area contributed by atoms with Crippen molar-refractivity contribution in [1.82, 2.24) is 19.4 Å². The molecule has 0 saturated heterocycles. The van der Waals surface area contributed by atoms with Crippen LogP contribution in [0.4, 0.5) is 19.0 Å². The van der Waals surface area contributed by atoms with Crippen molar-refractivity contribution in [2.45, 2.75) is 32.9 Å². The maximum Gasteiger partial charge on any atom is 0.283 e. The summed E-state index contributed by atoms with van der Waals surface area (Å²) in [6, 6.07) is 13.6. The van der Waals surface area contributed by atoms with Crippen molar-refractivity contribution in [3.63, 3.8) is 0 Å². The summed E-state index contributed by atoms with van der Waals surface area (Å²) in [4.78, 5) is 30.8. The third-order valence-electron chi connectivity index (χ3n) is 6.88. The highest BCUT2D eigenvalue weighted by Gasteiger charge is 2.45. The van der Waals surface area contributed by atoms with E-state index in [1.807, 2.05) is 25.7 Å². The highest BCUT2D eigenvalue weighted by molar-refractivity contribution is 6.18. The fourth-order valence-electron chi connectivity index (χ4n) is 5.14. The zero-order chi connectivity index (χ0) is 27.5. The van der Waals surface area contributed by atoms with Gasteiger partial charge < -0.3 is 4.57 Å². The summed E-state index contributed by atoms with van der Waals surface area (Å²) in [5, 5.41) is 0. The van der Waals surface area contributed by atoms with E-state index >= 15 is 4.39 Å². The van der Waals surface area contributed by atoms with Crippen LogP contribution in [-0.4, -0.2) is 49.9 Å². The minimum Gasteiger partial charge on any atom is -0.305 e. The van der Waals surface area contributed by atoms with Gasteiger partial charge in [0.05, 0.1) is 24.3 Å². The first kappa shape index (κ1) is 24.8.